The first-order valence-electron chi connectivity index (χ1n) is 4.78. The van der Waals surface area contributed by atoms with E-state index in [1.165, 1.54) is 13.8 Å². The lowest BCUT2D eigenvalue weighted by molar-refractivity contribution is -0.133. The van der Waals surface area contributed by atoms with Gasteiger partial charge in [-0.05, 0) is 20.3 Å². The van der Waals surface area contributed by atoms with Crippen molar-refractivity contribution in [2.45, 2.75) is 44.4 Å². The summed E-state index contributed by atoms with van der Waals surface area (Å²) in [4.78, 5) is 11.6. The molecule has 0 bridgehead atoms. The average Bonchev–Trinajstić information content (AvgIpc) is 2.16. The molecule has 0 aromatic carbocycles. The van der Waals surface area contributed by atoms with Gasteiger partial charge in [0.05, 0.1) is 6.07 Å². The van der Waals surface area contributed by atoms with Crippen molar-refractivity contribution in [2.24, 2.45) is 0 Å². The Balaban J connectivity index is 3.02. The Morgan fingerprint density at radius 3 is 2.40 bits per heavy atom. The number of carbonyl (C=O) groups excluding carboxylic acids is 1. The van der Waals surface area contributed by atoms with Gasteiger partial charge in [-0.25, -0.2) is 12.7 Å². The van der Waals surface area contributed by atoms with Gasteiger partial charge in [-0.3, -0.25) is 4.79 Å². The summed E-state index contributed by atoms with van der Waals surface area (Å²) in [7, 11) is -3.62. The van der Waals surface area contributed by atoms with Crippen LogP contribution < -0.4 is 0 Å². The minimum absolute atomic E-state index is 0.386. The van der Waals surface area contributed by atoms with Crippen LogP contribution in [0.4, 0.5) is 0 Å². The highest BCUT2D eigenvalue weighted by Crippen LogP contribution is 2.37. The van der Waals surface area contributed by atoms with Crippen LogP contribution in [0.1, 0.15) is 33.6 Å². The molecule has 0 aliphatic carbocycles. The molecule has 1 rings (SSSR count). The summed E-state index contributed by atoms with van der Waals surface area (Å²) in [6.45, 7) is 4.56. The van der Waals surface area contributed by atoms with Gasteiger partial charge in [-0.15, -0.1) is 0 Å². The number of hydrogen-bond donors (Lipinski definition) is 0. The second-order valence-corrected chi connectivity index (χ2v) is 6.41. The minimum atomic E-state index is -3.62. The van der Waals surface area contributed by atoms with Crippen molar-refractivity contribution < 1.29 is 13.2 Å². The first-order chi connectivity index (χ1) is 6.80. The molecule has 1 atom stereocenters. The Labute approximate surface area is 89.7 Å². The Kier molecular flexibility index (Phi) is 2.79. The number of nitriles is 1. The molecular weight excluding hydrogens is 216 g/mol. The fourth-order valence-corrected chi connectivity index (χ4v) is 3.12. The first kappa shape index (κ1) is 12.0. The van der Waals surface area contributed by atoms with E-state index in [-0.39, 0.29) is 0 Å². The third-order valence-corrected chi connectivity index (χ3v) is 5.02. The van der Waals surface area contributed by atoms with Crippen LogP contribution in [0.2, 0.25) is 0 Å². The number of hydrogen-bond acceptors (Lipinski definition) is 4. The van der Waals surface area contributed by atoms with Gasteiger partial charge in [0.25, 0.3) is 15.9 Å². The normalized spacial score (nSPS) is 24.1. The average molecular weight is 230 g/mol. The van der Waals surface area contributed by atoms with Crippen molar-refractivity contribution in [1.82, 2.24) is 4.31 Å². The zero-order valence-corrected chi connectivity index (χ0v) is 9.84. The Morgan fingerprint density at radius 1 is 1.53 bits per heavy atom. The van der Waals surface area contributed by atoms with Gasteiger partial charge in [0.2, 0.25) is 0 Å². The molecule has 1 amide bonds. The zero-order chi connectivity index (χ0) is 11.9. The second kappa shape index (κ2) is 3.49. The molecule has 1 unspecified atom stereocenters. The van der Waals surface area contributed by atoms with Gasteiger partial charge < -0.3 is 0 Å². The quantitative estimate of drug-likeness (QED) is 0.712. The molecule has 0 aromatic heterocycles. The number of carbonyl (C=O) groups is 1. The van der Waals surface area contributed by atoms with Crippen LogP contribution in [0.15, 0.2) is 0 Å². The molecular formula is C9H14N2O3S. The number of amides is 1. The Hall–Kier alpha value is -1.09. The standard InChI is InChI=1S/C9H14N2O3S/c1-4-5-7(6-10)11-8(12)9(2,3)15(11,13)14/h7H,4-5H2,1-3H3. The van der Waals surface area contributed by atoms with Gasteiger partial charge >= 0.3 is 0 Å². The van der Waals surface area contributed by atoms with Crippen LogP contribution in [-0.2, 0) is 14.8 Å². The van der Waals surface area contributed by atoms with Crippen LogP contribution >= 0.6 is 0 Å². The fourth-order valence-electron chi connectivity index (χ4n) is 1.51. The van der Waals surface area contributed by atoms with Crippen molar-refractivity contribution >= 4 is 15.9 Å². The predicted octanol–water partition coefficient (Wildman–Crippen LogP) is 0.629. The second-order valence-electron chi connectivity index (χ2n) is 4.05. The third kappa shape index (κ3) is 1.42. The fraction of sp³-hybridized carbons (Fsp3) is 0.778. The Morgan fingerprint density at radius 2 is 2.07 bits per heavy atom. The highest BCUT2D eigenvalue weighted by Gasteiger charge is 2.62. The summed E-state index contributed by atoms with van der Waals surface area (Å²) in [5.74, 6) is -0.484. The molecule has 84 valence electrons. The van der Waals surface area contributed by atoms with Crippen molar-refractivity contribution in [3.05, 3.63) is 0 Å². The van der Waals surface area contributed by atoms with E-state index in [0.29, 0.717) is 12.8 Å². The van der Waals surface area contributed by atoms with E-state index in [1.54, 1.807) is 0 Å². The molecule has 5 nitrogen and oxygen atoms in total. The molecule has 6 heteroatoms. The molecule has 0 N–H and O–H groups in total. The maximum Gasteiger partial charge on any atom is 0.260 e. The monoisotopic (exact) mass is 230 g/mol. The largest absolute Gasteiger partial charge is 0.272 e. The number of nitrogens with zero attached hydrogens (tertiary/aromatic N) is 2. The molecule has 0 saturated carbocycles. The van der Waals surface area contributed by atoms with E-state index >= 15 is 0 Å². The summed E-state index contributed by atoms with van der Waals surface area (Å²) < 4.78 is 22.8. The molecule has 1 fully saturated rings. The summed E-state index contributed by atoms with van der Waals surface area (Å²) in [6.07, 6.45) is 1.05. The topological polar surface area (TPSA) is 78.2 Å². The zero-order valence-electron chi connectivity index (χ0n) is 9.02. The summed E-state index contributed by atoms with van der Waals surface area (Å²) in [5, 5.41) is 8.80. The van der Waals surface area contributed by atoms with Crippen molar-refractivity contribution in [1.29, 1.82) is 5.26 Å². The number of rotatable bonds is 3. The summed E-state index contributed by atoms with van der Waals surface area (Å²) in [5.41, 5.74) is 0. The number of sulfonamides is 1. The molecule has 1 saturated heterocycles. The molecule has 0 aromatic rings. The highest BCUT2D eigenvalue weighted by molar-refractivity contribution is 7.94. The lowest BCUT2D eigenvalue weighted by Gasteiger charge is -2.44. The van der Waals surface area contributed by atoms with Crippen molar-refractivity contribution in [3.63, 3.8) is 0 Å². The van der Waals surface area contributed by atoms with Crippen LogP contribution in [0.5, 0.6) is 0 Å². The SMILES string of the molecule is CCCC(C#N)N1C(=O)C(C)(C)S1(=O)=O. The van der Waals surface area contributed by atoms with Crippen LogP contribution in [0.3, 0.4) is 0 Å². The van der Waals surface area contributed by atoms with Gasteiger partial charge in [0.1, 0.15) is 6.04 Å². The lowest BCUT2D eigenvalue weighted by Crippen LogP contribution is -2.69. The van der Waals surface area contributed by atoms with E-state index in [2.05, 4.69) is 0 Å². The third-order valence-electron chi connectivity index (χ3n) is 2.61. The van der Waals surface area contributed by atoms with Crippen molar-refractivity contribution in [2.75, 3.05) is 0 Å². The summed E-state index contributed by atoms with van der Waals surface area (Å²) >= 11 is 0. The molecule has 0 radical (unpaired) electrons. The van der Waals surface area contributed by atoms with E-state index in [9.17, 15) is 13.2 Å². The lowest BCUT2D eigenvalue weighted by atomic mass is 10.1. The molecule has 1 aliphatic heterocycles. The van der Waals surface area contributed by atoms with E-state index in [1.807, 2.05) is 13.0 Å². The van der Waals surface area contributed by atoms with Gasteiger partial charge in [-0.2, -0.15) is 5.26 Å². The van der Waals surface area contributed by atoms with Gasteiger partial charge in [0, 0.05) is 0 Å². The highest BCUT2D eigenvalue weighted by atomic mass is 32.2. The summed E-state index contributed by atoms with van der Waals surface area (Å²) in [6, 6.07) is 1.01. The molecule has 1 aliphatic rings. The van der Waals surface area contributed by atoms with Crippen molar-refractivity contribution in [3.8, 4) is 6.07 Å². The smallest absolute Gasteiger partial charge is 0.260 e. The minimum Gasteiger partial charge on any atom is -0.272 e. The van der Waals surface area contributed by atoms with Gasteiger partial charge in [-0.1, -0.05) is 13.3 Å². The van der Waals surface area contributed by atoms with E-state index in [0.717, 1.165) is 4.31 Å². The maximum atomic E-state index is 11.7. The molecule has 0 spiro atoms. The Bertz CT molecular complexity index is 419. The van der Waals surface area contributed by atoms with Crippen LogP contribution in [-0.4, -0.2) is 29.4 Å². The van der Waals surface area contributed by atoms with Crippen LogP contribution in [0, 0.1) is 11.3 Å². The van der Waals surface area contributed by atoms with Crippen LogP contribution in [0.25, 0.3) is 0 Å². The maximum absolute atomic E-state index is 11.7. The predicted molar refractivity (Wildman–Crippen MR) is 54.2 cm³/mol. The first-order valence-corrected chi connectivity index (χ1v) is 6.22. The van der Waals surface area contributed by atoms with E-state index in [4.69, 9.17) is 5.26 Å². The molecule has 1 heterocycles. The van der Waals surface area contributed by atoms with Gasteiger partial charge in [0.15, 0.2) is 4.75 Å². The molecule has 15 heavy (non-hydrogen) atoms. The van der Waals surface area contributed by atoms with E-state index < -0.39 is 26.7 Å².